The van der Waals surface area contributed by atoms with Crippen molar-refractivity contribution >= 4 is 40.9 Å². The standard InChI is InChI=1S/C22H26Cl2N2OS/c23-20-9-7-17(8-10-20)16-28-13-11-25-22(27)19-5-3-12-26(15-19)14-18-4-1-2-6-21(18)24/h1-2,4,6-10,19H,3,5,11-16H2,(H,25,27). The lowest BCUT2D eigenvalue weighted by Gasteiger charge is -2.32. The van der Waals surface area contributed by atoms with Gasteiger partial charge in [-0.15, -0.1) is 0 Å². The number of rotatable bonds is 8. The molecule has 1 saturated heterocycles. The Morgan fingerprint density at radius 2 is 1.93 bits per heavy atom. The molecule has 1 fully saturated rings. The van der Waals surface area contributed by atoms with Crippen LogP contribution in [0.4, 0.5) is 0 Å². The van der Waals surface area contributed by atoms with Crippen molar-refractivity contribution in [2.75, 3.05) is 25.4 Å². The molecule has 2 aromatic carbocycles. The fourth-order valence-electron chi connectivity index (χ4n) is 3.44. The van der Waals surface area contributed by atoms with E-state index in [9.17, 15) is 4.79 Å². The van der Waals surface area contributed by atoms with Crippen molar-refractivity contribution in [1.82, 2.24) is 10.2 Å². The summed E-state index contributed by atoms with van der Waals surface area (Å²) in [5.74, 6) is 2.08. The van der Waals surface area contributed by atoms with Crippen LogP contribution in [0.2, 0.25) is 10.0 Å². The normalized spacial score (nSPS) is 17.4. The number of thioether (sulfide) groups is 1. The molecule has 0 saturated carbocycles. The van der Waals surface area contributed by atoms with Crippen molar-refractivity contribution in [2.24, 2.45) is 5.92 Å². The van der Waals surface area contributed by atoms with Crippen LogP contribution in [0.15, 0.2) is 48.5 Å². The summed E-state index contributed by atoms with van der Waals surface area (Å²) in [7, 11) is 0. The Balaban J connectivity index is 1.36. The first kappa shape index (κ1) is 21.5. The summed E-state index contributed by atoms with van der Waals surface area (Å²) in [5.41, 5.74) is 2.38. The highest BCUT2D eigenvalue weighted by Gasteiger charge is 2.25. The maximum atomic E-state index is 12.5. The summed E-state index contributed by atoms with van der Waals surface area (Å²) < 4.78 is 0. The Kier molecular flexibility index (Phi) is 8.53. The molecule has 0 aliphatic carbocycles. The van der Waals surface area contributed by atoms with E-state index < -0.39 is 0 Å². The van der Waals surface area contributed by atoms with Gasteiger partial charge < -0.3 is 5.32 Å². The van der Waals surface area contributed by atoms with Gasteiger partial charge in [0.15, 0.2) is 0 Å². The van der Waals surface area contributed by atoms with Crippen LogP contribution in [-0.2, 0) is 17.1 Å². The highest BCUT2D eigenvalue weighted by molar-refractivity contribution is 7.98. The lowest BCUT2D eigenvalue weighted by Crippen LogP contribution is -2.43. The van der Waals surface area contributed by atoms with E-state index in [2.05, 4.69) is 16.3 Å². The lowest BCUT2D eigenvalue weighted by molar-refractivity contribution is -0.126. The van der Waals surface area contributed by atoms with Gasteiger partial charge in [-0.3, -0.25) is 9.69 Å². The highest BCUT2D eigenvalue weighted by atomic mass is 35.5. The molecule has 1 aliphatic rings. The van der Waals surface area contributed by atoms with Gasteiger partial charge in [-0.05, 0) is 48.7 Å². The Hall–Kier alpha value is -1.20. The predicted octanol–water partition coefficient (Wildman–Crippen LogP) is 5.26. The summed E-state index contributed by atoms with van der Waals surface area (Å²) in [6.45, 7) is 3.33. The summed E-state index contributed by atoms with van der Waals surface area (Å²) in [5, 5.41) is 4.67. The topological polar surface area (TPSA) is 32.3 Å². The molecule has 1 amide bonds. The van der Waals surface area contributed by atoms with Crippen LogP contribution in [0.1, 0.15) is 24.0 Å². The fraction of sp³-hybridized carbons (Fsp3) is 0.409. The largest absolute Gasteiger partial charge is 0.355 e. The molecular weight excluding hydrogens is 411 g/mol. The van der Waals surface area contributed by atoms with E-state index in [1.807, 2.05) is 54.2 Å². The molecule has 1 unspecified atom stereocenters. The number of carbonyl (C=O) groups is 1. The van der Waals surface area contributed by atoms with Crippen LogP contribution < -0.4 is 5.32 Å². The monoisotopic (exact) mass is 436 g/mol. The second kappa shape index (κ2) is 11.1. The smallest absolute Gasteiger partial charge is 0.224 e. The van der Waals surface area contributed by atoms with Gasteiger partial charge in [0.2, 0.25) is 5.91 Å². The van der Waals surface area contributed by atoms with Crippen molar-refractivity contribution < 1.29 is 4.79 Å². The minimum Gasteiger partial charge on any atom is -0.355 e. The fourth-order valence-corrected chi connectivity index (χ4v) is 4.58. The van der Waals surface area contributed by atoms with Gasteiger partial charge >= 0.3 is 0 Å². The molecule has 2 aromatic rings. The van der Waals surface area contributed by atoms with Gasteiger partial charge in [0.1, 0.15) is 0 Å². The van der Waals surface area contributed by atoms with Gasteiger partial charge in [-0.25, -0.2) is 0 Å². The number of nitrogens with zero attached hydrogens (tertiary/aromatic N) is 1. The molecule has 1 atom stereocenters. The van der Waals surface area contributed by atoms with E-state index in [-0.39, 0.29) is 11.8 Å². The molecule has 0 spiro atoms. The average molecular weight is 437 g/mol. The van der Waals surface area contributed by atoms with Gasteiger partial charge in [0, 0.05) is 41.2 Å². The SMILES string of the molecule is O=C(NCCSCc1ccc(Cl)cc1)C1CCCN(Cc2ccccc2Cl)C1. The Morgan fingerprint density at radius 1 is 1.14 bits per heavy atom. The number of amides is 1. The van der Waals surface area contributed by atoms with E-state index in [0.29, 0.717) is 6.54 Å². The van der Waals surface area contributed by atoms with Crippen LogP contribution in [0.3, 0.4) is 0 Å². The number of benzene rings is 2. The molecule has 0 aromatic heterocycles. The first-order chi connectivity index (χ1) is 13.6. The second-order valence-corrected chi connectivity index (χ2v) is 9.08. The molecule has 0 radical (unpaired) electrons. The van der Waals surface area contributed by atoms with E-state index in [4.69, 9.17) is 23.2 Å². The van der Waals surface area contributed by atoms with E-state index in [0.717, 1.165) is 59.6 Å². The molecule has 1 aliphatic heterocycles. The van der Waals surface area contributed by atoms with Gasteiger partial charge in [0.25, 0.3) is 0 Å². The van der Waals surface area contributed by atoms with Gasteiger partial charge in [-0.1, -0.05) is 53.5 Å². The number of piperidine rings is 1. The summed E-state index contributed by atoms with van der Waals surface area (Å²) in [6, 6.07) is 15.9. The molecule has 3 nitrogen and oxygen atoms in total. The predicted molar refractivity (Wildman–Crippen MR) is 120 cm³/mol. The maximum Gasteiger partial charge on any atom is 0.224 e. The summed E-state index contributed by atoms with van der Waals surface area (Å²) in [6.07, 6.45) is 2.01. The molecular formula is C22H26Cl2N2OS. The van der Waals surface area contributed by atoms with Crippen LogP contribution in [0, 0.1) is 5.92 Å². The van der Waals surface area contributed by atoms with Crippen molar-refractivity contribution in [3.8, 4) is 0 Å². The quantitative estimate of drug-likeness (QED) is 0.573. The molecule has 3 rings (SSSR count). The number of nitrogens with one attached hydrogen (secondary N) is 1. The summed E-state index contributed by atoms with van der Waals surface area (Å²) in [4.78, 5) is 14.9. The number of likely N-dealkylation sites (tertiary alicyclic amines) is 1. The highest BCUT2D eigenvalue weighted by Crippen LogP contribution is 2.22. The molecule has 1 N–H and O–H groups in total. The van der Waals surface area contributed by atoms with Crippen molar-refractivity contribution in [2.45, 2.75) is 25.1 Å². The van der Waals surface area contributed by atoms with E-state index in [1.165, 1.54) is 5.56 Å². The second-order valence-electron chi connectivity index (χ2n) is 7.14. The molecule has 150 valence electrons. The lowest BCUT2D eigenvalue weighted by atomic mass is 9.96. The van der Waals surface area contributed by atoms with Crippen LogP contribution >= 0.6 is 35.0 Å². The third-order valence-corrected chi connectivity index (χ3v) is 6.61. The van der Waals surface area contributed by atoms with Gasteiger partial charge in [-0.2, -0.15) is 11.8 Å². The Bertz CT molecular complexity index is 769. The van der Waals surface area contributed by atoms with Crippen molar-refractivity contribution in [1.29, 1.82) is 0 Å². The Labute approximate surface area is 181 Å². The molecule has 1 heterocycles. The first-order valence-electron chi connectivity index (χ1n) is 9.67. The summed E-state index contributed by atoms with van der Waals surface area (Å²) >= 11 is 14.0. The zero-order valence-electron chi connectivity index (χ0n) is 15.9. The molecule has 28 heavy (non-hydrogen) atoms. The average Bonchev–Trinajstić information content (AvgIpc) is 2.71. The third kappa shape index (κ3) is 6.70. The zero-order valence-corrected chi connectivity index (χ0v) is 18.2. The van der Waals surface area contributed by atoms with E-state index >= 15 is 0 Å². The van der Waals surface area contributed by atoms with Crippen molar-refractivity contribution in [3.63, 3.8) is 0 Å². The number of hydrogen-bond acceptors (Lipinski definition) is 3. The maximum absolute atomic E-state index is 12.5. The number of halogens is 2. The number of hydrogen-bond donors (Lipinski definition) is 1. The number of carbonyl (C=O) groups excluding carboxylic acids is 1. The van der Waals surface area contributed by atoms with Crippen LogP contribution in [0.25, 0.3) is 0 Å². The van der Waals surface area contributed by atoms with Crippen LogP contribution in [-0.4, -0.2) is 36.2 Å². The third-order valence-electron chi connectivity index (χ3n) is 4.96. The first-order valence-corrected chi connectivity index (χ1v) is 11.6. The van der Waals surface area contributed by atoms with Crippen molar-refractivity contribution in [3.05, 3.63) is 69.7 Å². The van der Waals surface area contributed by atoms with Gasteiger partial charge in [0.05, 0.1) is 5.92 Å². The molecule has 0 bridgehead atoms. The Morgan fingerprint density at radius 3 is 2.71 bits per heavy atom. The minimum atomic E-state index is 0.0671. The zero-order chi connectivity index (χ0) is 19.8. The molecule has 6 heteroatoms. The van der Waals surface area contributed by atoms with Crippen LogP contribution in [0.5, 0.6) is 0 Å². The van der Waals surface area contributed by atoms with E-state index in [1.54, 1.807) is 0 Å². The minimum absolute atomic E-state index is 0.0671.